The first-order valence-corrected chi connectivity index (χ1v) is 13.6. The normalized spacial score (nSPS) is 11.0. The standard InChI is InChI=1S/C33H26ClFN4O4/c34-28-16-23(11-13-30(28)40)33(42)38-37-18-24-12-14-31(27-9-3-2-8-26(24)27)43-21-32(41)39(19-22-6-5-15-36-17-22)20-25-7-1-4-10-29(25)35/h1-18,40H,19-21H2,(H,38,42). The van der Waals surface area contributed by atoms with Crippen LogP contribution in [0.5, 0.6) is 11.5 Å². The van der Waals surface area contributed by atoms with Crippen molar-refractivity contribution in [2.45, 2.75) is 13.1 Å². The molecule has 2 amide bonds. The van der Waals surface area contributed by atoms with Crippen molar-refractivity contribution in [3.8, 4) is 11.5 Å². The van der Waals surface area contributed by atoms with Crippen LogP contribution in [0.1, 0.15) is 27.0 Å². The number of benzene rings is 4. The monoisotopic (exact) mass is 596 g/mol. The van der Waals surface area contributed by atoms with E-state index in [-0.39, 0.29) is 41.9 Å². The summed E-state index contributed by atoms with van der Waals surface area (Å²) in [4.78, 5) is 31.4. The number of carbonyl (C=O) groups is 2. The van der Waals surface area contributed by atoms with E-state index in [0.717, 1.165) is 16.3 Å². The molecular weight excluding hydrogens is 571 g/mol. The van der Waals surface area contributed by atoms with Gasteiger partial charge < -0.3 is 14.7 Å². The van der Waals surface area contributed by atoms with E-state index in [0.29, 0.717) is 16.9 Å². The highest BCUT2D eigenvalue weighted by atomic mass is 35.5. The quantitative estimate of drug-likeness (QED) is 0.150. The van der Waals surface area contributed by atoms with Crippen LogP contribution in [0.2, 0.25) is 5.02 Å². The minimum Gasteiger partial charge on any atom is -0.506 e. The zero-order chi connectivity index (χ0) is 30.2. The van der Waals surface area contributed by atoms with Gasteiger partial charge in [0.1, 0.15) is 17.3 Å². The van der Waals surface area contributed by atoms with Crippen LogP contribution >= 0.6 is 11.6 Å². The topological polar surface area (TPSA) is 104 Å². The molecule has 0 radical (unpaired) electrons. The maximum Gasteiger partial charge on any atom is 0.271 e. The molecular formula is C33H26ClFN4O4. The molecule has 216 valence electrons. The number of fused-ring (bicyclic) bond motifs is 1. The Morgan fingerprint density at radius 2 is 1.77 bits per heavy atom. The molecule has 0 aliphatic heterocycles. The van der Waals surface area contributed by atoms with Crippen LogP contribution in [0, 0.1) is 5.82 Å². The Labute approximate surface area is 252 Å². The van der Waals surface area contributed by atoms with Crippen molar-refractivity contribution in [2.75, 3.05) is 6.61 Å². The number of hydrogen-bond acceptors (Lipinski definition) is 6. The van der Waals surface area contributed by atoms with E-state index in [4.69, 9.17) is 16.3 Å². The molecule has 5 rings (SSSR count). The predicted molar refractivity (Wildman–Crippen MR) is 163 cm³/mol. The van der Waals surface area contributed by atoms with Crippen LogP contribution in [-0.2, 0) is 17.9 Å². The highest BCUT2D eigenvalue weighted by molar-refractivity contribution is 6.32. The van der Waals surface area contributed by atoms with E-state index in [1.807, 2.05) is 30.3 Å². The number of pyridine rings is 1. The number of aromatic hydroxyl groups is 1. The van der Waals surface area contributed by atoms with Gasteiger partial charge in [-0.1, -0.05) is 60.1 Å². The predicted octanol–water partition coefficient (Wildman–Crippen LogP) is 6.10. The van der Waals surface area contributed by atoms with Crippen LogP contribution in [0.15, 0.2) is 108 Å². The molecule has 4 aromatic carbocycles. The lowest BCUT2D eigenvalue weighted by atomic mass is 10.0. The summed E-state index contributed by atoms with van der Waals surface area (Å²) in [5.74, 6) is -0.843. The van der Waals surface area contributed by atoms with Gasteiger partial charge in [-0.3, -0.25) is 14.6 Å². The molecule has 0 bridgehead atoms. The Hall–Kier alpha value is -5.28. The third-order valence-electron chi connectivity index (χ3n) is 6.62. The summed E-state index contributed by atoms with van der Waals surface area (Å²) in [6.45, 7) is 0.0436. The van der Waals surface area contributed by atoms with Gasteiger partial charge in [0.05, 0.1) is 11.2 Å². The molecule has 0 saturated heterocycles. The van der Waals surface area contributed by atoms with Gasteiger partial charge in [-0.05, 0) is 53.4 Å². The SMILES string of the molecule is O=C(NN=Cc1ccc(OCC(=O)N(Cc2cccnc2)Cc2ccccc2F)c2ccccc12)c1ccc(O)c(Cl)c1. The molecule has 1 heterocycles. The van der Waals surface area contributed by atoms with Gasteiger partial charge in [-0.2, -0.15) is 5.10 Å². The molecule has 0 spiro atoms. The second kappa shape index (κ2) is 13.6. The zero-order valence-corrected chi connectivity index (χ0v) is 23.5. The lowest BCUT2D eigenvalue weighted by Gasteiger charge is -2.23. The minimum absolute atomic E-state index is 0.0594. The lowest BCUT2D eigenvalue weighted by Crippen LogP contribution is -2.34. The Morgan fingerprint density at radius 1 is 0.977 bits per heavy atom. The minimum atomic E-state index is -0.493. The fraction of sp³-hybridized carbons (Fsp3) is 0.0909. The van der Waals surface area contributed by atoms with Crippen molar-refractivity contribution in [1.82, 2.24) is 15.3 Å². The average molecular weight is 597 g/mol. The van der Waals surface area contributed by atoms with Crippen LogP contribution in [0.25, 0.3) is 10.8 Å². The Bertz CT molecular complexity index is 1800. The first-order chi connectivity index (χ1) is 20.9. The van der Waals surface area contributed by atoms with Crippen LogP contribution in [-0.4, -0.2) is 39.6 Å². The van der Waals surface area contributed by atoms with Gasteiger partial charge in [-0.15, -0.1) is 0 Å². The average Bonchev–Trinajstić information content (AvgIpc) is 3.02. The lowest BCUT2D eigenvalue weighted by molar-refractivity contribution is -0.134. The van der Waals surface area contributed by atoms with Gasteiger partial charge in [-0.25, -0.2) is 9.82 Å². The number of hydrogen-bond donors (Lipinski definition) is 2. The highest BCUT2D eigenvalue weighted by Crippen LogP contribution is 2.28. The number of phenolic OH excluding ortho intramolecular Hbond substituents is 1. The van der Waals surface area contributed by atoms with E-state index in [9.17, 15) is 19.1 Å². The molecule has 2 N–H and O–H groups in total. The number of halogens is 2. The van der Waals surface area contributed by atoms with Gasteiger partial charge >= 0.3 is 0 Å². The first-order valence-electron chi connectivity index (χ1n) is 13.3. The van der Waals surface area contributed by atoms with Gasteiger partial charge in [0.25, 0.3) is 11.8 Å². The number of nitrogens with one attached hydrogen (secondary N) is 1. The highest BCUT2D eigenvalue weighted by Gasteiger charge is 2.18. The van der Waals surface area contributed by atoms with E-state index >= 15 is 0 Å². The molecule has 5 aromatic rings. The summed E-state index contributed by atoms with van der Waals surface area (Å²) < 4.78 is 20.4. The molecule has 10 heteroatoms. The third kappa shape index (κ3) is 7.33. The summed E-state index contributed by atoms with van der Waals surface area (Å²) in [7, 11) is 0. The van der Waals surface area contributed by atoms with Crippen LogP contribution < -0.4 is 10.2 Å². The maximum absolute atomic E-state index is 14.4. The molecule has 0 unspecified atom stereocenters. The zero-order valence-electron chi connectivity index (χ0n) is 22.8. The Morgan fingerprint density at radius 3 is 2.53 bits per heavy atom. The van der Waals surface area contributed by atoms with Crippen molar-refractivity contribution >= 4 is 40.4 Å². The van der Waals surface area contributed by atoms with Crippen molar-refractivity contribution in [3.05, 3.63) is 136 Å². The fourth-order valence-corrected chi connectivity index (χ4v) is 4.59. The Balaban J connectivity index is 1.30. The number of hydrazone groups is 1. The van der Waals surface area contributed by atoms with Gasteiger partial charge in [0.15, 0.2) is 6.61 Å². The molecule has 0 fully saturated rings. The van der Waals surface area contributed by atoms with E-state index < -0.39 is 11.7 Å². The number of rotatable bonds is 10. The van der Waals surface area contributed by atoms with Crippen molar-refractivity contribution in [2.24, 2.45) is 5.10 Å². The number of carbonyl (C=O) groups excluding carboxylic acids is 2. The number of nitrogens with zero attached hydrogens (tertiary/aromatic N) is 3. The molecule has 0 aliphatic carbocycles. The molecule has 0 atom stereocenters. The fourth-order valence-electron chi connectivity index (χ4n) is 4.41. The van der Waals surface area contributed by atoms with Crippen molar-refractivity contribution in [1.29, 1.82) is 0 Å². The first kappa shape index (κ1) is 29.2. The number of aromatic nitrogens is 1. The smallest absolute Gasteiger partial charge is 0.271 e. The summed E-state index contributed by atoms with van der Waals surface area (Å²) in [5.41, 5.74) is 4.60. The summed E-state index contributed by atoms with van der Waals surface area (Å²) in [6.07, 6.45) is 4.81. The van der Waals surface area contributed by atoms with Crippen LogP contribution in [0.3, 0.4) is 0 Å². The van der Waals surface area contributed by atoms with Crippen molar-refractivity contribution < 1.29 is 23.8 Å². The summed E-state index contributed by atoms with van der Waals surface area (Å²) >= 11 is 5.89. The van der Waals surface area contributed by atoms with Gasteiger partial charge in [0.2, 0.25) is 0 Å². The van der Waals surface area contributed by atoms with E-state index in [1.54, 1.807) is 48.8 Å². The number of ether oxygens (including phenoxy) is 1. The second-order valence-corrected chi connectivity index (χ2v) is 9.96. The molecule has 0 saturated carbocycles. The van der Waals surface area contributed by atoms with E-state index in [2.05, 4.69) is 15.5 Å². The summed E-state index contributed by atoms with van der Waals surface area (Å²) in [6, 6.07) is 25.0. The maximum atomic E-state index is 14.4. The molecule has 43 heavy (non-hydrogen) atoms. The van der Waals surface area contributed by atoms with E-state index in [1.165, 1.54) is 35.4 Å². The van der Waals surface area contributed by atoms with Crippen LogP contribution in [0.4, 0.5) is 4.39 Å². The second-order valence-electron chi connectivity index (χ2n) is 9.55. The molecule has 0 aliphatic rings. The largest absolute Gasteiger partial charge is 0.506 e. The molecule has 1 aromatic heterocycles. The third-order valence-corrected chi connectivity index (χ3v) is 6.92. The Kier molecular flexibility index (Phi) is 9.23. The number of amides is 2. The van der Waals surface area contributed by atoms with Crippen molar-refractivity contribution in [3.63, 3.8) is 0 Å². The number of phenols is 1. The molecule has 8 nitrogen and oxygen atoms in total. The van der Waals surface area contributed by atoms with Gasteiger partial charge in [0, 0.05) is 47.6 Å². The summed E-state index contributed by atoms with van der Waals surface area (Å²) in [5, 5.41) is 15.2.